The standard InChI is InChI=1S/C18H19BrN2O3/c1-11-4-5-12(2)18(13(11)3)24-10-17(23)21-20-9-14-8-15(22)6-7-16(14)19/h4-9,22H,10H2,1-3H3,(H,21,23)/b20-9-. The molecule has 0 aliphatic heterocycles. The molecule has 0 saturated heterocycles. The molecule has 0 spiro atoms. The van der Waals surface area contributed by atoms with Gasteiger partial charge in [0.25, 0.3) is 5.91 Å². The topological polar surface area (TPSA) is 70.9 Å². The van der Waals surface area contributed by atoms with Gasteiger partial charge in [0.05, 0.1) is 6.21 Å². The summed E-state index contributed by atoms with van der Waals surface area (Å²) in [6.07, 6.45) is 1.45. The molecule has 0 atom stereocenters. The predicted octanol–water partition coefficient (Wildman–Crippen LogP) is 3.61. The van der Waals surface area contributed by atoms with E-state index in [2.05, 4.69) is 26.5 Å². The van der Waals surface area contributed by atoms with Gasteiger partial charge in [-0.1, -0.05) is 28.1 Å². The van der Waals surface area contributed by atoms with E-state index in [-0.39, 0.29) is 18.3 Å². The molecule has 6 heteroatoms. The van der Waals surface area contributed by atoms with Crippen LogP contribution in [0.2, 0.25) is 0 Å². The zero-order valence-electron chi connectivity index (χ0n) is 13.8. The van der Waals surface area contributed by atoms with Gasteiger partial charge >= 0.3 is 0 Å². The van der Waals surface area contributed by atoms with Crippen molar-refractivity contribution in [3.63, 3.8) is 0 Å². The van der Waals surface area contributed by atoms with Crippen molar-refractivity contribution in [3.8, 4) is 11.5 Å². The number of phenols is 1. The van der Waals surface area contributed by atoms with Crippen molar-refractivity contribution in [2.24, 2.45) is 5.10 Å². The number of ether oxygens (including phenoxy) is 1. The highest BCUT2D eigenvalue weighted by Gasteiger charge is 2.08. The number of aromatic hydroxyl groups is 1. The fourth-order valence-electron chi connectivity index (χ4n) is 2.12. The second-order valence-electron chi connectivity index (χ2n) is 5.44. The van der Waals surface area contributed by atoms with Crippen LogP contribution >= 0.6 is 15.9 Å². The molecule has 0 saturated carbocycles. The molecule has 2 rings (SSSR count). The summed E-state index contributed by atoms with van der Waals surface area (Å²) in [5.74, 6) is 0.493. The normalized spacial score (nSPS) is 10.8. The van der Waals surface area contributed by atoms with E-state index < -0.39 is 0 Å². The number of carbonyl (C=O) groups excluding carboxylic acids is 1. The van der Waals surface area contributed by atoms with Crippen LogP contribution in [0, 0.1) is 20.8 Å². The van der Waals surface area contributed by atoms with Gasteiger partial charge in [0, 0.05) is 10.0 Å². The molecule has 24 heavy (non-hydrogen) atoms. The third-order valence-electron chi connectivity index (χ3n) is 3.59. The molecule has 0 unspecified atom stereocenters. The molecule has 126 valence electrons. The lowest BCUT2D eigenvalue weighted by Crippen LogP contribution is -2.25. The maximum atomic E-state index is 11.9. The van der Waals surface area contributed by atoms with Crippen molar-refractivity contribution in [2.45, 2.75) is 20.8 Å². The molecule has 5 nitrogen and oxygen atoms in total. The van der Waals surface area contributed by atoms with Crippen LogP contribution in [0.3, 0.4) is 0 Å². The van der Waals surface area contributed by atoms with Crippen LogP contribution < -0.4 is 10.2 Å². The molecule has 0 heterocycles. The Balaban J connectivity index is 1.94. The summed E-state index contributed by atoms with van der Waals surface area (Å²) < 4.78 is 6.39. The van der Waals surface area contributed by atoms with Crippen molar-refractivity contribution in [1.82, 2.24) is 5.43 Å². The average molecular weight is 391 g/mol. The molecule has 2 N–H and O–H groups in total. The van der Waals surface area contributed by atoms with Crippen LogP contribution in [0.4, 0.5) is 0 Å². The van der Waals surface area contributed by atoms with Crippen LogP contribution in [0.1, 0.15) is 22.3 Å². The van der Waals surface area contributed by atoms with Crippen LogP contribution in [0.5, 0.6) is 11.5 Å². The number of phenolic OH excluding ortho intramolecular Hbond substituents is 1. The maximum absolute atomic E-state index is 11.9. The third kappa shape index (κ3) is 4.58. The minimum atomic E-state index is -0.358. The van der Waals surface area contributed by atoms with E-state index in [1.807, 2.05) is 32.9 Å². The number of halogens is 1. The minimum absolute atomic E-state index is 0.121. The highest BCUT2D eigenvalue weighted by atomic mass is 79.9. The van der Waals surface area contributed by atoms with Gasteiger partial charge < -0.3 is 9.84 Å². The van der Waals surface area contributed by atoms with Gasteiger partial charge in [0.1, 0.15) is 11.5 Å². The summed E-state index contributed by atoms with van der Waals surface area (Å²) in [5, 5.41) is 13.3. The quantitative estimate of drug-likeness (QED) is 0.604. The summed E-state index contributed by atoms with van der Waals surface area (Å²) in [6, 6.07) is 8.78. The largest absolute Gasteiger partial charge is 0.508 e. The first-order chi connectivity index (χ1) is 11.4. The second kappa shape index (κ2) is 7.97. The van der Waals surface area contributed by atoms with Gasteiger partial charge in [0.15, 0.2) is 6.61 Å². The Morgan fingerprint density at radius 3 is 2.71 bits per heavy atom. The summed E-state index contributed by atoms with van der Waals surface area (Å²) in [4.78, 5) is 11.9. The maximum Gasteiger partial charge on any atom is 0.277 e. The Morgan fingerprint density at radius 2 is 1.96 bits per heavy atom. The number of benzene rings is 2. The van der Waals surface area contributed by atoms with Crippen molar-refractivity contribution in [3.05, 3.63) is 57.1 Å². The van der Waals surface area contributed by atoms with Gasteiger partial charge in [-0.3, -0.25) is 4.79 Å². The molecule has 1 amide bonds. The van der Waals surface area contributed by atoms with Crippen molar-refractivity contribution < 1.29 is 14.6 Å². The Labute approximate surface area is 149 Å². The van der Waals surface area contributed by atoms with Gasteiger partial charge in [-0.2, -0.15) is 5.10 Å². The van der Waals surface area contributed by atoms with Gasteiger partial charge in [-0.05, 0) is 55.7 Å². The van der Waals surface area contributed by atoms with E-state index in [0.717, 1.165) is 26.9 Å². The molecular weight excluding hydrogens is 372 g/mol. The van der Waals surface area contributed by atoms with E-state index in [0.29, 0.717) is 5.56 Å². The number of nitrogens with zero attached hydrogens (tertiary/aromatic N) is 1. The van der Waals surface area contributed by atoms with E-state index in [9.17, 15) is 9.90 Å². The number of aryl methyl sites for hydroxylation is 2. The highest BCUT2D eigenvalue weighted by Crippen LogP contribution is 2.25. The number of nitrogens with one attached hydrogen (secondary N) is 1. The predicted molar refractivity (Wildman–Crippen MR) is 97.7 cm³/mol. The van der Waals surface area contributed by atoms with E-state index in [1.165, 1.54) is 12.3 Å². The molecule has 0 radical (unpaired) electrons. The van der Waals surface area contributed by atoms with E-state index in [1.54, 1.807) is 12.1 Å². The fraction of sp³-hybridized carbons (Fsp3) is 0.222. The molecule has 0 aromatic heterocycles. The van der Waals surface area contributed by atoms with Crippen LogP contribution in [0.15, 0.2) is 39.9 Å². The summed E-state index contributed by atoms with van der Waals surface area (Å²) in [6.45, 7) is 5.78. The van der Waals surface area contributed by atoms with Gasteiger partial charge in [-0.15, -0.1) is 0 Å². The summed E-state index contributed by atoms with van der Waals surface area (Å²) in [7, 11) is 0. The number of hydrogen-bond donors (Lipinski definition) is 2. The molecular formula is C18H19BrN2O3. The van der Waals surface area contributed by atoms with E-state index in [4.69, 9.17) is 4.74 Å². The lowest BCUT2D eigenvalue weighted by molar-refractivity contribution is -0.123. The smallest absolute Gasteiger partial charge is 0.277 e. The Kier molecular flexibility index (Phi) is 5.98. The first-order valence-electron chi connectivity index (χ1n) is 7.38. The SMILES string of the molecule is Cc1ccc(C)c(OCC(=O)N/N=C\c2cc(O)ccc2Br)c1C. The Hall–Kier alpha value is -2.34. The van der Waals surface area contributed by atoms with Crippen LogP contribution in [-0.4, -0.2) is 23.8 Å². The summed E-state index contributed by atoms with van der Waals surface area (Å²) >= 11 is 3.34. The fourth-order valence-corrected chi connectivity index (χ4v) is 2.47. The minimum Gasteiger partial charge on any atom is -0.508 e. The van der Waals surface area contributed by atoms with Crippen LogP contribution in [0.25, 0.3) is 0 Å². The van der Waals surface area contributed by atoms with Crippen molar-refractivity contribution in [2.75, 3.05) is 6.61 Å². The van der Waals surface area contributed by atoms with Crippen molar-refractivity contribution >= 4 is 28.1 Å². The second-order valence-corrected chi connectivity index (χ2v) is 6.30. The molecule has 0 aliphatic rings. The highest BCUT2D eigenvalue weighted by molar-refractivity contribution is 9.10. The number of hydrogen-bond acceptors (Lipinski definition) is 4. The Morgan fingerprint density at radius 1 is 1.25 bits per heavy atom. The molecule has 2 aromatic carbocycles. The first-order valence-corrected chi connectivity index (χ1v) is 8.18. The molecule has 2 aromatic rings. The monoisotopic (exact) mass is 390 g/mol. The van der Waals surface area contributed by atoms with Gasteiger partial charge in [0.2, 0.25) is 0 Å². The first kappa shape index (κ1) is 18.0. The number of hydrazone groups is 1. The number of rotatable bonds is 5. The zero-order chi connectivity index (χ0) is 17.7. The van der Waals surface area contributed by atoms with Crippen LogP contribution in [-0.2, 0) is 4.79 Å². The zero-order valence-corrected chi connectivity index (χ0v) is 15.3. The average Bonchev–Trinajstić information content (AvgIpc) is 2.54. The molecule has 0 bridgehead atoms. The lowest BCUT2D eigenvalue weighted by Gasteiger charge is -2.13. The molecule has 0 aliphatic carbocycles. The number of amides is 1. The number of carbonyl (C=O) groups is 1. The van der Waals surface area contributed by atoms with Gasteiger partial charge in [-0.25, -0.2) is 5.43 Å². The summed E-state index contributed by atoms with van der Waals surface area (Å²) in [5.41, 5.74) is 6.18. The lowest BCUT2D eigenvalue weighted by atomic mass is 10.1. The van der Waals surface area contributed by atoms with E-state index >= 15 is 0 Å². The third-order valence-corrected chi connectivity index (χ3v) is 4.32. The Bertz CT molecular complexity index is 788. The molecule has 0 fully saturated rings. The van der Waals surface area contributed by atoms with Crippen molar-refractivity contribution in [1.29, 1.82) is 0 Å².